The van der Waals surface area contributed by atoms with Gasteiger partial charge in [0.2, 0.25) is 0 Å². The average molecular weight is 451 g/mol. The summed E-state index contributed by atoms with van der Waals surface area (Å²) in [6, 6.07) is 0. The maximum atomic E-state index is 13.6. The van der Waals surface area contributed by atoms with Gasteiger partial charge in [0.25, 0.3) is 0 Å². The first-order valence-corrected chi connectivity index (χ1v) is 13.6. The lowest BCUT2D eigenvalue weighted by Gasteiger charge is -2.61. The van der Waals surface area contributed by atoms with Crippen LogP contribution in [0.15, 0.2) is 0 Å². The molecule has 4 nitrogen and oxygen atoms in total. The molecule has 32 heavy (non-hydrogen) atoms. The number of carboxylic acid groups (broad SMARTS) is 1. The highest BCUT2D eigenvalue weighted by molar-refractivity contribution is 5.85. The third kappa shape index (κ3) is 4.68. The zero-order valence-corrected chi connectivity index (χ0v) is 21.8. The van der Waals surface area contributed by atoms with Crippen molar-refractivity contribution in [3.8, 4) is 0 Å². The van der Waals surface area contributed by atoms with E-state index in [0.717, 1.165) is 51.4 Å². The molecule has 0 saturated heterocycles. The number of carbonyl (C=O) groups excluding carboxylic acids is 1. The Morgan fingerprint density at radius 3 is 2.16 bits per heavy atom. The molecular weight excluding hydrogens is 400 g/mol. The Kier molecular flexibility index (Phi) is 9.41. The van der Waals surface area contributed by atoms with Crippen LogP contribution in [0.25, 0.3) is 0 Å². The predicted octanol–water partition coefficient (Wildman–Crippen LogP) is 6.74. The summed E-state index contributed by atoms with van der Waals surface area (Å²) in [7, 11) is 0. The number of aliphatic hydroxyl groups excluding tert-OH is 1. The summed E-state index contributed by atoms with van der Waals surface area (Å²) in [4.78, 5) is 24.5. The van der Waals surface area contributed by atoms with E-state index in [1.165, 1.54) is 6.42 Å². The molecule has 186 valence electrons. The smallest absolute Gasteiger partial charge is 0.303 e. The number of carbonyl (C=O) groups is 2. The van der Waals surface area contributed by atoms with Crippen molar-refractivity contribution in [3.05, 3.63) is 0 Å². The largest absolute Gasteiger partial charge is 0.481 e. The molecule has 4 rings (SSSR count). The summed E-state index contributed by atoms with van der Waals surface area (Å²) in [5.41, 5.74) is 0.395. The summed E-state index contributed by atoms with van der Waals surface area (Å²) in [5.74, 6) is 1.89. The Bertz CT molecular complexity index is 645. The quantitative estimate of drug-likeness (QED) is 0.497. The monoisotopic (exact) mass is 450 g/mol. The van der Waals surface area contributed by atoms with Gasteiger partial charge in [0.1, 0.15) is 5.78 Å². The molecule has 2 N–H and O–H groups in total. The Hall–Kier alpha value is -0.900. The van der Waals surface area contributed by atoms with Crippen LogP contribution in [0.5, 0.6) is 0 Å². The highest BCUT2D eigenvalue weighted by Crippen LogP contribution is 2.67. The molecule has 0 aromatic heterocycles. The van der Waals surface area contributed by atoms with Gasteiger partial charge in [-0.25, -0.2) is 0 Å². The van der Waals surface area contributed by atoms with E-state index >= 15 is 0 Å². The predicted molar refractivity (Wildman–Crippen MR) is 130 cm³/mol. The van der Waals surface area contributed by atoms with Crippen molar-refractivity contribution in [2.24, 2.45) is 46.3 Å². The van der Waals surface area contributed by atoms with E-state index in [1.54, 1.807) is 0 Å². The summed E-state index contributed by atoms with van der Waals surface area (Å²) in [6.45, 7) is 15.0. The number of aliphatic carboxylic acids is 1. The van der Waals surface area contributed by atoms with Crippen molar-refractivity contribution in [1.29, 1.82) is 0 Å². The molecule has 0 amide bonds. The van der Waals surface area contributed by atoms with Gasteiger partial charge >= 0.3 is 5.97 Å². The lowest BCUT2D eigenvalue weighted by atomic mass is 9.42. The van der Waals surface area contributed by atoms with E-state index in [-0.39, 0.29) is 35.2 Å². The van der Waals surface area contributed by atoms with E-state index < -0.39 is 5.97 Å². The van der Waals surface area contributed by atoms with Crippen molar-refractivity contribution < 1.29 is 19.8 Å². The molecule has 0 radical (unpaired) electrons. The standard InChI is InChI=1S/C24H38O4.2C2H6/c1-14-19-13-16(25)9-11-24(19,3)18-10-12-23(2)15(5-4-6-20(26)27)7-8-17(23)21(18)22(14)28;2*1-2/h14-19,21,25H,4-13H2,1-3H3,(H,26,27);2*1-2H3/t14?,15?,16-,17?,18?,19?,21?,23?,24?;;/m1../s1. The molecule has 0 spiro atoms. The minimum Gasteiger partial charge on any atom is -0.481 e. The zero-order chi connectivity index (χ0) is 24.3. The molecule has 0 bridgehead atoms. The van der Waals surface area contributed by atoms with Crippen molar-refractivity contribution in [2.75, 3.05) is 0 Å². The topological polar surface area (TPSA) is 74.6 Å². The molecule has 4 aliphatic rings. The van der Waals surface area contributed by atoms with Crippen LogP contribution in [0.3, 0.4) is 0 Å². The fraction of sp³-hybridized carbons (Fsp3) is 0.929. The van der Waals surface area contributed by atoms with Crippen LogP contribution in [0.2, 0.25) is 0 Å². The maximum absolute atomic E-state index is 13.6. The van der Waals surface area contributed by atoms with Gasteiger partial charge in [0.15, 0.2) is 0 Å². The number of fused-ring (bicyclic) bond motifs is 5. The summed E-state index contributed by atoms with van der Waals surface area (Å²) < 4.78 is 0. The van der Waals surface area contributed by atoms with Crippen molar-refractivity contribution in [2.45, 2.75) is 119 Å². The molecule has 9 atom stereocenters. The number of carboxylic acids is 1. The lowest BCUT2D eigenvalue weighted by Crippen LogP contribution is -2.60. The van der Waals surface area contributed by atoms with E-state index in [1.807, 2.05) is 27.7 Å². The van der Waals surface area contributed by atoms with E-state index in [4.69, 9.17) is 5.11 Å². The zero-order valence-electron chi connectivity index (χ0n) is 21.8. The molecule has 0 aromatic rings. The van der Waals surface area contributed by atoms with Crippen LogP contribution >= 0.6 is 0 Å². The molecule has 4 fully saturated rings. The molecule has 4 aliphatic carbocycles. The molecule has 0 aromatic carbocycles. The second-order valence-corrected chi connectivity index (χ2v) is 11.1. The van der Waals surface area contributed by atoms with E-state index in [2.05, 4.69) is 20.8 Å². The number of hydrogen-bond donors (Lipinski definition) is 2. The first kappa shape index (κ1) is 27.3. The van der Waals surface area contributed by atoms with Gasteiger partial charge in [0, 0.05) is 18.3 Å². The fourth-order valence-electron chi connectivity index (χ4n) is 8.44. The van der Waals surface area contributed by atoms with E-state index in [9.17, 15) is 14.7 Å². The number of rotatable bonds is 4. The SMILES string of the molecule is CC.CC.CC1C(=O)C2C3CCC(CCCC(=O)O)C3(C)CCC2C2(C)CC[C@@H](O)CC12. The van der Waals surface area contributed by atoms with Crippen LogP contribution in [0, 0.1) is 46.3 Å². The number of hydrogen-bond acceptors (Lipinski definition) is 3. The van der Waals surface area contributed by atoms with E-state index in [0.29, 0.717) is 29.5 Å². The van der Waals surface area contributed by atoms with Gasteiger partial charge in [0.05, 0.1) is 6.10 Å². The second-order valence-electron chi connectivity index (χ2n) is 11.1. The van der Waals surface area contributed by atoms with Gasteiger partial charge in [-0.2, -0.15) is 0 Å². The third-order valence-corrected chi connectivity index (χ3v) is 10.0. The minimum atomic E-state index is -0.696. The van der Waals surface area contributed by atoms with Crippen molar-refractivity contribution >= 4 is 11.8 Å². The average Bonchev–Trinajstić information content (AvgIpc) is 3.12. The van der Waals surface area contributed by atoms with Crippen LogP contribution in [0.1, 0.15) is 113 Å². The molecular formula is C28H50O4. The highest BCUT2D eigenvalue weighted by Gasteiger charge is 2.64. The number of Topliss-reactive ketones (excluding diaryl/α,β-unsaturated/α-hetero) is 1. The summed E-state index contributed by atoms with van der Waals surface area (Å²) in [5, 5.41) is 19.3. The Morgan fingerprint density at radius 2 is 1.53 bits per heavy atom. The fourth-order valence-corrected chi connectivity index (χ4v) is 8.44. The Morgan fingerprint density at radius 1 is 0.938 bits per heavy atom. The van der Waals surface area contributed by atoms with Gasteiger partial charge in [-0.05, 0) is 92.3 Å². The second kappa shape index (κ2) is 11.0. The maximum Gasteiger partial charge on any atom is 0.303 e. The molecule has 8 unspecified atom stereocenters. The summed E-state index contributed by atoms with van der Waals surface area (Å²) in [6.07, 6.45) is 9.14. The van der Waals surface area contributed by atoms with Crippen LogP contribution in [-0.4, -0.2) is 28.1 Å². The van der Waals surface area contributed by atoms with Gasteiger partial charge in [-0.3, -0.25) is 9.59 Å². The van der Waals surface area contributed by atoms with Crippen LogP contribution in [-0.2, 0) is 9.59 Å². The molecule has 0 aliphatic heterocycles. The minimum absolute atomic E-state index is 0.0645. The first-order chi connectivity index (χ1) is 15.2. The van der Waals surface area contributed by atoms with Crippen molar-refractivity contribution in [3.63, 3.8) is 0 Å². The molecule has 4 saturated carbocycles. The number of aliphatic hydroxyl groups is 1. The van der Waals surface area contributed by atoms with Crippen LogP contribution < -0.4 is 0 Å². The Labute approximate surface area is 196 Å². The van der Waals surface area contributed by atoms with Gasteiger partial charge in [-0.1, -0.05) is 48.5 Å². The van der Waals surface area contributed by atoms with Crippen molar-refractivity contribution in [1.82, 2.24) is 0 Å². The number of ketones is 1. The normalized spacial score (nSPS) is 44.6. The van der Waals surface area contributed by atoms with Crippen LogP contribution in [0.4, 0.5) is 0 Å². The third-order valence-electron chi connectivity index (χ3n) is 10.0. The molecule has 0 heterocycles. The molecule has 4 heteroatoms. The van der Waals surface area contributed by atoms with Gasteiger partial charge < -0.3 is 10.2 Å². The van der Waals surface area contributed by atoms with Gasteiger partial charge in [-0.15, -0.1) is 0 Å². The Balaban J connectivity index is 0.000000860. The lowest BCUT2D eigenvalue weighted by molar-refractivity contribution is -0.170. The first-order valence-electron chi connectivity index (χ1n) is 13.6. The summed E-state index contributed by atoms with van der Waals surface area (Å²) >= 11 is 0. The highest BCUT2D eigenvalue weighted by atomic mass is 16.4.